The summed E-state index contributed by atoms with van der Waals surface area (Å²) >= 11 is 0. The van der Waals surface area contributed by atoms with Crippen LogP contribution < -0.4 is 29.1 Å². The molecule has 0 unspecified atom stereocenters. The minimum absolute atomic E-state index is 0. The summed E-state index contributed by atoms with van der Waals surface area (Å²) in [5.41, 5.74) is 25.1. The minimum atomic E-state index is -0.110. The fourth-order valence-corrected chi connectivity index (χ4v) is 17.1. The molecule has 0 fully saturated rings. The van der Waals surface area contributed by atoms with Gasteiger partial charge in [-0.3, -0.25) is 0 Å². The molecule has 9 heterocycles. The predicted octanol–water partition coefficient (Wildman–Crippen LogP) is 30.7. The first-order chi connectivity index (χ1) is 64.3. The van der Waals surface area contributed by atoms with Gasteiger partial charge in [0.05, 0.1) is 11.0 Å². The van der Waals surface area contributed by atoms with Crippen LogP contribution in [0.15, 0.2) is 346 Å². The van der Waals surface area contributed by atoms with Crippen molar-refractivity contribution in [2.24, 2.45) is 0 Å². The Labute approximate surface area is 849 Å². The SMILES string of the molecule is CC1=C(C)N(c2ccc(C(C)(C)C)cc2)[CH-]N1c1[c-]c(Oc2[c-]c3c(cc2)c2ccccc2n3-c2cc(C(C)(C)C)ccn2)cc(C(C)(C)C)c1.Cc1ccc(N2C=CN(c3[c-]c(Oc4[c-]c5c(cc4)c4ccccc4n5-c4cc(C(C)(C)C)ccn4)cc(C(C)(C)C)c3)[CH-]2)cc1.[Ir].[Pt].[Pt].[c-]1ccc(-n2c3ccccc3c3ccccc32)cc1-c1ccccn1.[c-]1ccccc1-c1ccccn1. The zero-order chi connectivity index (χ0) is 93.5. The van der Waals surface area contributed by atoms with Crippen LogP contribution in [0.25, 0.3) is 105 Å². The van der Waals surface area contributed by atoms with Crippen LogP contribution in [-0.2, 0) is 89.3 Å². The Morgan fingerprint density at radius 3 is 1.19 bits per heavy atom. The maximum Gasteiger partial charge on any atom is 0.135 e. The van der Waals surface area contributed by atoms with Crippen molar-refractivity contribution in [3.05, 3.63) is 429 Å². The number of fused-ring (bicyclic) bond motifs is 9. The van der Waals surface area contributed by atoms with Gasteiger partial charge in [0, 0.05) is 155 Å². The molecule has 12 aromatic carbocycles. The third-order valence-corrected chi connectivity index (χ3v) is 24.8. The van der Waals surface area contributed by atoms with E-state index in [0.29, 0.717) is 23.0 Å². The molecule has 13 nitrogen and oxygen atoms in total. The van der Waals surface area contributed by atoms with Crippen molar-refractivity contribution in [1.29, 1.82) is 0 Å². The molecule has 699 valence electrons. The molecule has 0 aliphatic carbocycles. The number of nitrogens with zero attached hydrogens (tertiary/aromatic N) is 11. The Balaban J connectivity index is 0.000000151. The monoisotopic (exact) mass is 2330 g/mol. The van der Waals surface area contributed by atoms with Gasteiger partial charge < -0.3 is 52.7 Å². The first kappa shape index (κ1) is 98.5. The molecule has 16 heteroatoms. The minimum Gasteiger partial charge on any atom is -0.509 e. The van der Waals surface area contributed by atoms with Gasteiger partial charge in [-0.25, -0.2) is 9.97 Å². The number of ether oxygens (including phenoxy) is 2. The number of anilines is 4. The number of rotatable bonds is 13. The van der Waals surface area contributed by atoms with Crippen molar-refractivity contribution < 1.29 is 71.7 Å². The second-order valence-corrected chi connectivity index (χ2v) is 39.5. The van der Waals surface area contributed by atoms with Gasteiger partial charge >= 0.3 is 0 Å². The number of hydrogen-bond donors (Lipinski definition) is 0. The van der Waals surface area contributed by atoms with Gasteiger partial charge in [-0.05, 0) is 190 Å². The summed E-state index contributed by atoms with van der Waals surface area (Å²) in [7, 11) is 0. The van der Waals surface area contributed by atoms with E-state index in [1.165, 1.54) is 49.8 Å². The van der Waals surface area contributed by atoms with Gasteiger partial charge in [0.15, 0.2) is 0 Å². The van der Waals surface area contributed by atoms with Gasteiger partial charge in [-0.1, -0.05) is 242 Å². The number of benzene rings is 12. The molecule has 1 radical (unpaired) electrons. The van der Waals surface area contributed by atoms with Gasteiger partial charge in [0.1, 0.15) is 11.6 Å². The fourth-order valence-electron chi connectivity index (χ4n) is 17.1. The summed E-state index contributed by atoms with van der Waals surface area (Å²) in [6, 6.07) is 124. The van der Waals surface area contributed by atoms with Crippen molar-refractivity contribution in [3.63, 3.8) is 0 Å². The van der Waals surface area contributed by atoms with E-state index in [9.17, 15) is 0 Å². The standard InChI is InChI=1S/C46H49N4O.C41H39N4O.C23H15N2.C11H8N.Ir.2Pt/c1-30-31(2)49(29-48(30)35-18-16-32(17-19-35)44(3,4)5)36-24-34(46(9,10)11)25-38(27-36)51-37-20-21-40-39-14-12-13-15-41(39)50(42(40)28-37)43-26-33(22-23-47-43)45(6,7)8;1-28-12-14-31(15-13-28)43-20-21-44(27-43)32-22-30(41(5,6)7)23-34(25-32)46-33-16-17-36-35-10-8-9-11-37(35)45(38(36)26-33)39-24-29(18-19-42-39)40(2,3)4;1-3-13-22-19(10-1)20-11-2-4-14-23(20)25(22)18-9-7-8-17(16-18)21-12-5-6-15-24-21;1-2-6-10(7-3-1)11-8-4-5-9-12-11;;;/h12-26,29H,1-11H3;8-24,27H,1-7H3;1-7,9-16H;1-6,8-9H;;;/q2*-3;2*-1;;;. The molecule has 2 aliphatic heterocycles. The van der Waals surface area contributed by atoms with Crippen LogP contribution in [-0.4, -0.2) is 33.6 Å². The van der Waals surface area contributed by atoms with Crippen molar-refractivity contribution in [3.8, 4) is 62.8 Å². The molecule has 0 bridgehead atoms. The summed E-state index contributed by atoms with van der Waals surface area (Å²) in [6.07, 6.45) is 11.5. The summed E-state index contributed by atoms with van der Waals surface area (Å²) in [6.45, 7) is 44.1. The topological polar surface area (TPSA) is 97.8 Å². The zero-order valence-corrected chi connectivity index (χ0v) is 87.6. The first-order valence-corrected chi connectivity index (χ1v) is 45.9. The Morgan fingerprint density at radius 2 is 0.715 bits per heavy atom. The molecule has 2 aliphatic rings. The van der Waals surface area contributed by atoms with Crippen LogP contribution in [0, 0.1) is 56.7 Å². The predicted molar refractivity (Wildman–Crippen MR) is 554 cm³/mol. The molecule has 137 heavy (non-hydrogen) atoms. The Kier molecular flexibility index (Phi) is 29.2. The molecule has 0 atom stereocenters. The summed E-state index contributed by atoms with van der Waals surface area (Å²) in [5.74, 6) is 4.27. The van der Waals surface area contributed by atoms with Gasteiger partial charge in [0.25, 0.3) is 0 Å². The van der Waals surface area contributed by atoms with Crippen molar-refractivity contribution >= 4 is 88.2 Å². The first-order valence-electron chi connectivity index (χ1n) is 45.9. The van der Waals surface area contributed by atoms with Gasteiger partial charge in [-0.15, -0.1) is 173 Å². The quantitative estimate of drug-likeness (QED) is 0.104. The molecule has 0 spiro atoms. The zero-order valence-electron chi connectivity index (χ0n) is 80.6. The van der Waals surface area contributed by atoms with Crippen LogP contribution in [0.4, 0.5) is 22.7 Å². The molecule has 0 amide bonds. The van der Waals surface area contributed by atoms with Crippen LogP contribution in [0.5, 0.6) is 23.0 Å². The van der Waals surface area contributed by atoms with E-state index < -0.39 is 0 Å². The van der Waals surface area contributed by atoms with E-state index in [2.05, 4.69) is 448 Å². The normalized spacial score (nSPS) is 12.8. The summed E-state index contributed by atoms with van der Waals surface area (Å²) in [4.78, 5) is 27.0. The Bertz CT molecular complexity index is 7490. The average molecular weight is 2330 g/mol. The van der Waals surface area contributed by atoms with E-state index in [-0.39, 0.29) is 89.3 Å². The average Bonchev–Trinajstić information content (AvgIpc) is 1.60. The van der Waals surface area contributed by atoms with Crippen molar-refractivity contribution in [1.82, 2.24) is 33.6 Å². The molecular formula is C121H111IrN11O2Pt2-8. The van der Waals surface area contributed by atoms with E-state index >= 15 is 0 Å². The number of pyridine rings is 4. The number of hydrogen-bond acceptors (Lipinski definition) is 10. The molecule has 7 aromatic heterocycles. The van der Waals surface area contributed by atoms with Crippen LogP contribution in [0.1, 0.15) is 151 Å². The van der Waals surface area contributed by atoms with E-state index in [0.717, 1.165) is 123 Å². The molecule has 21 rings (SSSR count). The molecule has 0 N–H and O–H groups in total. The van der Waals surface area contributed by atoms with E-state index in [1.807, 2.05) is 97.5 Å². The van der Waals surface area contributed by atoms with E-state index in [1.54, 1.807) is 6.20 Å². The van der Waals surface area contributed by atoms with Crippen molar-refractivity contribution in [2.75, 3.05) is 19.6 Å². The van der Waals surface area contributed by atoms with Crippen LogP contribution in [0.2, 0.25) is 0 Å². The molecular weight excluding hydrogens is 2220 g/mol. The Morgan fingerprint density at radius 1 is 0.292 bits per heavy atom. The number of aryl methyl sites for hydroxylation is 1. The van der Waals surface area contributed by atoms with E-state index in [4.69, 9.17) is 19.4 Å². The molecule has 0 saturated carbocycles. The molecule has 19 aromatic rings. The smallest absolute Gasteiger partial charge is 0.135 e. The third kappa shape index (κ3) is 21.4. The second kappa shape index (κ2) is 40.7. The summed E-state index contributed by atoms with van der Waals surface area (Å²) < 4.78 is 20.0. The van der Waals surface area contributed by atoms with Crippen molar-refractivity contribution in [2.45, 2.75) is 152 Å². The number of aromatic nitrogens is 7. The largest absolute Gasteiger partial charge is 0.509 e. The maximum absolute atomic E-state index is 6.69. The van der Waals surface area contributed by atoms with Gasteiger partial charge in [0.2, 0.25) is 0 Å². The number of allylic oxidation sites excluding steroid dienone is 2. The van der Waals surface area contributed by atoms with Gasteiger partial charge in [-0.2, -0.15) is 12.1 Å². The second-order valence-electron chi connectivity index (χ2n) is 39.5. The fraction of sp³-hybridized carbons (Fsp3) is 0.190. The summed E-state index contributed by atoms with van der Waals surface area (Å²) in [5, 5.41) is 7.05. The maximum atomic E-state index is 6.69. The van der Waals surface area contributed by atoms with Crippen LogP contribution >= 0.6 is 0 Å². The van der Waals surface area contributed by atoms with Crippen LogP contribution in [0.3, 0.4) is 0 Å². The Hall–Kier alpha value is -13.1. The third-order valence-electron chi connectivity index (χ3n) is 24.8. The number of para-hydroxylation sites is 4. The molecule has 0 saturated heterocycles.